The van der Waals surface area contributed by atoms with Crippen LogP contribution in [-0.2, 0) is 9.53 Å². The molecule has 0 fully saturated rings. The molecule has 0 aliphatic rings. The van der Waals surface area contributed by atoms with Gasteiger partial charge < -0.3 is 15.8 Å². The average Bonchev–Trinajstić information content (AvgIpc) is 2.31. The van der Waals surface area contributed by atoms with Gasteiger partial charge in [0.05, 0.1) is 6.04 Å². The molecule has 0 bridgehead atoms. The second-order valence-corrected chi connectivity index (χ2v) is 3.74. The fourth-order valence-electron chi connectivity index (χ4n) is 1.45. The predicted octanol–water partition coefficient (Wildman–Crippen LogP) is 0.977. The van der Waals surface area contributed by atoms with E-state index in [-0.39, 0.29) is 24.3 Å². The van der Waals surface area contributed by atoms with E-state index in [0.717, 1.165) is 5.56 Å². The van der Waals surface area contributed by atoms with Crippen LogP contribution in [0.25, 0.3) is 0 Å². The molecule has 3 N–H and O–H groups in total. The summed E-state index contributed by atoms with van der Waals surface area (Å²) in [4.78, 5) is 11.7. The van der Waals surface area contributed by atoms with Crippen LogP contribution in [0.2, 0.25) is 0 Å². The molecule has 0 heterocycles. The Balaban J connectivity index is 2.62. The van der Waals surface area contributed by atoms with Gasteiger partial charge in [-0.05, 0) is 24.6 Å². The Hall–Kier alpha value is -1.46. The van der Waals surface area contributed by atoms with E-state index in [1.165, 1.54) is 19.2 Å². The van der Waals surface area contributed by atoms with Crippen LogP contribution in [0.15, 0.2) is 24.3 Å². The topological polar surface area (TPSA) is 64.3 Å². The molecule has 0 aromatic heterocycles. The number of hydrogen-bond donors (Lipinski definition) is 2. The highest BCUT2D eigenvalue weighted by molar-refractivity contribution is 5.81. The van der Waals surface area contributed by atoms with Gasteiger partial charge in [0.15, 0.2) is 0 Å². The number of hydrogen-bond acceptors (Lipinski definition) is 3. The Morgan fingerprint density at radius 1 is 1.47 bits per heavy atom. The summed E-state index contributed by atoms with van der Waals surface area (Å²) in [5.41, 5.74) is 6.21. The molecule has 1 aromatic carbocycles. The Morgan fingerprint density at radius 2 is 2.06 bits per heavy atom. The van der Waals surface area contributed by atoms with Crippen molar-refractivity contribution in [2.45, 2.75) is 19.1 Å². The number of ether oxygens (including phenoxy) is 1. The lowest BCUT2D eigenvalue weighted by Crippen LogP contribution is -2.41. The summed E-state index contributed by atoms with van der Waals surface area (Å²) in [7, 11) is 1.43. The molecule has 0 aliphatic heterocycles. The van der Waals surface area contributed by atoms with E-state index in [4.69, 9.17) is 10.5 Å². The van der Waals surface area contributed by atoms with Gasteiger partial charge in [-0.25, -0.2) is 4.39 Å². The van der Waals surface area contributed by atoms with Gasteiger partial charge in [-0.2, -0.15) is 0 Å². The second kappa shape index (κ2) is 6.32. The zero-order valence-electron chi connectivity index (χ0n) is 9.94. The van der Waals surface area contributed by atoms with Gasteiger partial charge in [-0.1, -0.05) is 12.1 Å². The predicted molar refractivity (Wildman–Crippen MR) is 62.8 cm³/mol. The smallest absolute Gasteiger partial charge is 0.250 e. The maximum atomic E-state index is 12.7. The number of nitrogens with two attached hydrogens (primary N) is 1. The van der Waals surface area contributed by atoms with E-state index >= 15 is 0 Å². The molecule has 1 aromatic rings. The molecule has 5 heteroatoms. The lowest BCUT2D eigenvalue weighted by atomic mass is 10.1. The van der Waals surface area contributed by atoms with Crippen molar-refractivity contribution in [1.29, 1.82) is 0 Å². The normalized spacial score (nSPS) is 14.1. The van der Waals surface area contributed by atoms with Crippen LogP contribution in [0.3, 0.4) is 0 Å². The summed E-state index contributed by atoms with van der Waals surface area (Å²) >= 11 is 0. The Bertz CT molecular complexity index is 363. The molecular formula is C12H17FN2O2. The molecule has 1 unspecified atom stereocenters. The van der Waals surface area contributed by atoms with Gasteiger partial charge in [0.25, 0.3) is 5.91 Å². The molecule has 17 heavy (non-hydrogen) atoms. The van der Waals surface area contributed by atoms with Crippen LogP contribution in [0.4, 0.5) is 4.39 Å². The summed E-state index contributed by atoms with van der Waals surface area (Å²) in [6.07, 6.45) is -0.655. The number of rotatable bonds is 5. The number of amides is 1. The molecule has 2 atom stereocenters. The minimum atomic E-state index is -0.655. The van der Waals surface area contributed by atoms with Crippen molar-refractivity contribution in [2.75, 3.05) is 13.7 Å². The zero-order chi connectivity index (χ0) is 12.8. The first-order valence-electron chi connectivity index (χ1n) is 5.37. The SMILES string of the molecule is COC(CN)C(=O)N[C@@H](C)c1ccc(F)cc1. The van der Waals surface area contributed by atoms with Crippen LogP contribution >= 0.6 is 0 Å². The van der Waals surface area contributed by atoms with Gasteiger partial charge in [0, 0.05) is 13.7 Å². The number of carbonyl (C=O) groups excluding carboxylic acids is 1. The van der Waals surface area contributed by atoms with E-state index in [0.29, 0.717) is 0 Å². The summed E-state index contributed by atoms with van der Waals surface area (Å²) in [6.45, 7) is 1.94. The first kappa shape index (κ1) is 13.6. The van der Waals surface area contributed by atoms with Crippen molar-refractivity contribution >= 4 is 5.91 Å². The van der Waals surface area contributed by atoms with Gasteiger partial charge in [0.1, 0.15) is 11.9 Å². The summed E-state index contributed by atoms with van der Waals surface area (Å²) in [5.74, 6) is -0.573. The van der Waals surface area contributed by atoms with E-state index in [2.05, 4.69) is 5.32 Å². The fourth-order valence-corrected chi connectivity index (χ4v) is 1.45. The molecule has 0 aliphatic carbocycles. The van der Waals surface area contributed by atoms with Crippen LogP contribution < -0.4 is 11.1 Å². The van der Waals surface area contributed by atoms with E-state index < -0.39 is 6.10 Å². The quantitative estimate of drug-likeness (QED) is 0.806. The maximum Gasteiger partial charge on any atom is 0.250 e. The van der Waals surface area contributed by atoms with Gasteiger partial charge in [0.2, 0.25) is 0 Å². The van der Waals surface area contributed by atoms with Crippen LogP contribution in [0.5, 0.6) is 0 Å². The number of methoxy groups -OCH3 is 1. The Kier molecular flexibility index (Phi) is 5.06. The number of benzene rings is 1. The van der Waals surface area contributed by atoms with Crippen molar-refractivity contribution < 1.29 is 13.9 Å². The zero-order valence-corrected chi connectivity index (χ0v) is 9.94. The lowest BCUT2D eigenvalue weighted by molar-refractivity contribution is -0.131. The molecule has 94 valence electrons. The fraction of sp³-hybridized carbons (Fsp3) is 0.417. The van der Waals surface area contributed by atoms with Gasteiger partial charge in [-0.3, -0.25) is 4.79 Å². The van der Waals surface area contributed by atoms with Crippen molar-refractivity contribution in [3.8, 4) is 0 Å². The van der Waals surface area contributed by atoms with Crippen molar-refractivity contribution in [2.24, 2.45) is 5.73 Å². The molecule has 4 nitrogen and oxygen atoms in total. The third kappa shape index (κ3) is 3.80. The number of carbonyl (C=O) groups is 1. The lowest BCUT2D eigenvalue weighted by Gasteiger charge is -2.18. The number of halogens is 1. The van der Waals surface area contributed by atoms with E-state index in [1.54, 1.807) is 12.1 Å². The maximum absolute atomic E-state index is 12.7. The second-order valence-electron chi connectivity index (χ2n) is 3.74. The minimum absolute atomic E-state index is 0.123. The minimum Gasteiger partial charge on any atom is -0.370 e. The summed E-state index contributed by atoms with van der Waals surface area (Å²) in [5, 5.41) is 2.75. The first-order chi connectivity index (χ1) is 8.08. The van der Waals surface area contributed by atoms with Gasteiger partial charge in [-0.15, -0.1) is 0 Å². The highest BCUT2D eigenvalue weighted by Crippen LogP contribution is 2.12. The molecule has 0 radical (unpaired) electrons. The van der Waals surface area contributed by atoms with Crippen LogP contribution in [-0.4, -0.2) is 25.7 Å². The molecule has 1 rings (SSSR count). The molecule has 0 spiro atoms. The largest absolute Gasteiger partial charge is 0.370 e. The summed E-state index contributed by atoms with van der Waals surface area (Å²) in [6, 6.07) is 5.76. The third-order valence-electron chi connectivity index (χ3n) is 2.52. The van der Waals surface area contributed by atoms with Crippen molar-refractivity contribution in [3.05, 3.63) is 35.6 Å². The van der Waals surface area contributed by atoms with Gasteiger partial charge >= 0.3 is 0 Å². The Morgan fingerprint density at radius 3 is 2.53 bits per heavy atom. The Labute approximate surface area is 100.0 Å². The average molecular weight is 240 g/mol. The highest BCUT2D eigenvalue weighted by Gasteiger charge is 2.18. The summed E-state index contributed by atoms with van der Waals surface area (Å²) < 4.78 is 17.6. The molecule has 0 saturated carbocycles. The monoisotopic (exact) mass is 240 g/mol. The third-order valence-corrected chi connectivity index (χ3v) is 2.52. The van der Waals surface area contributed by atoms with Crippen molar-refractivity contribution in [3.63, 3.8) is 0 Å². The standard InChI is InChI=1S/C12H17FN2O2/c1-8(9-3-5-10(13)6-4-9)15-12(16)11(7-14)17-2/h3-6,8,11H,7,14H2,1-2H3,(H,15,16)/t8-,11?/m0/s1. The van der Waals surface area contributed by atoms with Crippen LogP contribution in [0.1, 0.15) is 18.5 Å². The van der Waals surface area contributed by atoms with Crippen LogP contribution in [0, 0.1) is 5.82 Å². The molecular weight excluding hydrogens is 223 g/mol. The highest BCUT2D eigenvalue weighted by atomic mass is 19.1. The molecule has 1 amide bonds. The van der Waals surface area contributed by atoms with E-state index in [1.807, 2.05) is 6.92 Å². The number of nitrogens with one attached hydrogen (secondary N) is 1. The van der Waals surface area contributed by atoms with E-state index in [9.17, 15) is 9.18 Å². The van der Waals surface area contributed by atoms with Crippen molar-refractivity contribution in [1.82, 2.24) is 5.32 Å². The first-order valence-corrected chi connectivity index (χ1v) is 5.37. The molecule has 0 saturated heterocycles.